The van der Waals surface area contributed by atoms with Crippen molar-refractivity contribution in [3.05, 3.63) is 36.0 Å². The van der Waals surface area contributed by atoms with Crippen molar-refractivity contribution in [3.63, 3.8) is 0 Å². The fourth-order valence-electron chi connectivity index (χ4n) is 5.41. The maximum atomic E-state index is 13.2. The van der Waals surface area contributed by atoms with Crippen LogP contribution in [0.1, 0.15) is 55.3 Å². The van der Waals surface area contributed by atoms with Gasteiger partial charge < -0.3 is 20.9 Å². The van der Waals surface area contributed by atoms with Gasteiger partial charge in [-0.05, 0) is 49.9 Å². The molecule has 1 aliphatic heterocycles. The number of amides is 2. The Hall–Kier alpha value is -3.16. The topological polar surface area (TPSA) is 104 Å². The summed E-state index contributed by atoms with van der Waals surface area (Å²) in [5, 5.41) is 3.23. The summed E-state index contributed by atoms with van der Waals surface area (Å²) in [6, 6.07) is 7.54. The highest BCUT2D eigenvalue weighted by atomic mass is 16.2. The molecule has 0 radical (unpaired) electrons. The van der Waals surface area contributed by atoms with Crippen molar-refractivity contribution in [2.75, 3.05) is 22.2 Å². The van der Waals surface area contributed by atoms with Crippen LogP contribution < -0.4 is 20.9 Å². The second-order valence-corrected chi connectivity index (χ2v) is 8.82. The van der Waals surface area contributed by atoms with Crippen molar-refractivity contribution in [1.82, 2.24) is 9.97 Å². The number of hydrogen-bond donors (Lipinski definition) is 2. The van der Waals surface area contributed by atoms with Crippen molar-refractivity contribution in [2.45, 2.75) is 57.0 Å². The molecule has 2 amide bonds. The molecule has 31 heavy (non-hydrogen) atoms. The van der Waals surface area contributed by atoms with Crippen LogP contribution in [0.15, 0.2) is 30.5 Å². The number of nitrogens with two attached hydrogens (primary N) is 1. The number of hydrogen-bond acceptors (Lipinski definition) is 6. The van der Waals surface area contributed by atoms with Crippen LogP contribution in [0.5, 0.6) is 0 Å². The maximum absolute atomic E-state index is 13.2. The molecule has 2 aliphatic carbocycles. The average Bonchev–Trinajstić information content (AvgIpc) is 3.45. The summed E-state index contributed by atoms with van der Waals surface area (Å²) < 4.78 is 0. The van der Waals surface area contributed by atoms with Crippen LogP contribution in [0, 0.1) is 5.92 Å². The van der Waals surface area contributed by atoms with Gasteiger partial charge in [0, 0.05) is 30.4 Å². The third-order valence-electron chi connectivity index (χ3n) is 6.98. The third-order valence-corrected chi connectivity index (χ3v) is 6.98. The highest BCUT2D eigenvalue weighted by Crippen LogP contribution is 2.44. The summed E-state index contributed by atoms with van der Waals surface area (Å²) in [4.78, 5) is 38.1. The van der Waals surface area contributed by atoms with Gasteiger partial charge in [0.1, 0.15) is 5.69 Å². The minimum atomic E-state index is -0.459. The first kappa shape index (κ1) is 19.8. The molecule has 2 atom stereocenters. The Balaban J connectivity index is 1.53. The van der Waals surface area contributed by atoms with Gasteiger partial charge in [0.2, 0.25) is 17.8 Å². The van der Waals surface area contributed by atoms with E-state index in [0.717, 1.165) is 49.3 Å². The quantitative estimate of drug-likeness (QED) is 0.787. The Labute approximate surface area is 181 Å². The smallest absolute Gasteiger partial charge is 0.248 e. The zero-order valence-electron chi connectivity index (χ0n) is 17.8. The minimum Gasteiger partial charge on any atom is -0.366 e. The van der Waals surface area contributed by atoms with Crippen LogP contribution >= 0.6 is 0 Å². The number of carbonyl (C=O) groups excluding carboxylic acids is 2. The fourth-order valence-corrected chi connectivity index (χ4v) is 5.41. The molecule has 5 rings (SSSR count). The molecule has 162 valence electrons. The highest BCUT2D eigenvalue weighted by molar-refractivity contribution is 5.99. The molecule has 0 unspecified atom stereocenters. The first-order chi connectivity index (χ1) is 15.0. The Morgan fingerprint density at radius 1 is 1.10 bits per heavy atom. The van der Waals surface area contributed by atoms with E-state index in [4.69, 9.17) is 10.7 Å². The van der Waals surface area contributed by atoms with Gasteiger partial charge in [0.05, 0.1) is 12.1 Å². The van der Waals surface area contributed by atoms with Gasteiger partial charge >= 0.3 is 0 Å². The molecule has 3 aliphatic rings. The number of fused-ring (bicyclic) bond motifs is 2. The molecule has 2 aromatic rings. The van der Waals surface area contributed by atoms with E-state index >= 15 is 0 Å². The van der Waals surface area contributed by atoms with Crippen LogP contribution in [0.3, 0.4) is 0 Å². The summed E-state index contributed by atoms with van der Waals surface area (Å²) >= 11 is 0. The second kappa shape index (κ2) is 7.83. The molecular formula is C23H28N6O2. The Morgan fingerprint density at radius 3 is 2.55 bits per heavy atom. The van der Waals surface area contributed by atoms with Gasteiger partial charge in [-0.25, -0.2) is 4.98 Å². The number of rotatable bonds is 4. The number of primary amides is 1. The van der Waals surface area contributed by atoms with Crippen molar-refractivity contribution < 1.29 is 9.59 Å². The Bertz CT molecular complexity index is 1000. The minimum absolute atomic E-state index is 0.0255. The molecule has 0 saturated heterocycles. The number of nitrogens with zero attached hydrogens (tertiary/aromatic N) is 4. The summed E-state index contributed by atoms with van der Waals surface area (Å²) in [6.45, 7) is 0. The fraction of sp³-hybridized carbons (Fsp3) is 0.478. The SMILES string of the molecule is CN1C(=O)[C@H]2CCC[C@H]2N(C2CCCC2)c2nc(Nc3ccc(C(N)=O)cc3)ncc21. The van der Waals surface area contributed by atoms with E-state index in [9.17, 15) is 9.59 Å². The highest BCUT2D eigenvalue weighted by Gasteiger charge is 2.45. The van der Waals surface area contributed by atoms with E-state index in [0.29, 0.717) is 17.6 Å². The standard InChI is InChI=1S/C23H28N6O2/c1-28-19-13-25-23(26-15-11-9-14(10-12-15)20(24)30)27-21(19)29(16-5-2-3-6-16)18-8-4-7-17(18)22(28)31/h9-13,16-18H,2-8H2,1H3,(H2,24,30)(H,25,26,27)/t17-,18+/m0/s1. The van der Waals surface area contributed by atoms with E-state index in [-0.39, 0.29) is 17.9 Å². The van der Waals surface area contributed by atoms with Crippen molar-refractivity contribution in [3.8, 4) is 0 Å². The van der Waals surface area contributed by atoms with Crippen molar-refractivity contribution >= 4 is 35.0 Å². The van der Waals surface area contributed by atoms with Gasteiger partial charge in [0.15, 0.2) is 5.82 Å². The average molecular weight is 421 g/mol. The lowest BCUT2D eigenvalue weighted by molar-refractivity contribution is -0.122. The Kier molecular flexibility index (Phi) is 5.00. The molecule has 2 saturated carbocycles. The summed E-state index contributed by atoms with van der Waals surface area (Å²) in [6.07, 6.45) is 9.53. The zero-order chi connectivity index (χ0) is 21.5. The van der Waals surface area contributed by atoms with Gasteiger partial charge in [-0.15, -0.1) is 0 Å². The second-order valence-electron chi connectivity index (χ2n) is 8.82. The first-order valence-electron chi connectivity index (χ1n) is 11.1. The zero-order valence-corrected chi connectivity index (χ0v) is 17.8. The van der Waals surface area contributed by atoms with Gasteiger partial charge in [-0.2, -0.15) is 4.98 Å². The monoisotopic (exact) mass is 420 g/mol. The van der Waals surface area contributed by atoms with E-state index in [1.807, 2.05) is 7.05 Å². The van der Waals surface area contributed by atoms with Crippen LogP contribution in [0.4, 0.5) is 23.1 Å². The summed E-state index contributed by atoms with van der Waals surface area (Å²) in [5.74, 6) is 1.07. The largest absolute Gasteiger partial charge is 0.366 e. The van der Waals surface area contributed by atoms with Gasteiger partial charge in [-0.1, -0.05) is 19.3 Å². The predicted octanol–water partition coefficient (Wildman–Crippen LogP) is 3.21. The predicted molar refractivity (Wildman–Crippen MR) is 120 cm³/mol. The van der Waals surface area contributed by atoms with Crippen LogP contribution in [0.25, 0.3) is 0 Å². The molecule has 8 nitrogen and oxygen atoms in total. The lowest BCUT2D eigenvalue weighted by Gasteiger charge is -2.36. The molecule has 0 bridgehead atoms. The molecule has 2 fully saturated rings. The van der Waals surface area contributed by atoms with Crippen molar-refractivity contribution in [1.29, 1.82) is 0 Å². The molecule has 1 aromatic carbocycles. The molecule has 3 N–H and O–H groups in total. The molecule has 1 aromatic heterocycles. The first-order valence-corrected chi connectivity index (χ1v) is 11.1. The van der Waals surface area contributed by atoms with E-state index in [1.54, 1.807) is 35.4 Å². The number of aromatic nitrogens is 2. The number of nitrogens with one attached hydrogen (secondary N) is 1. The van der Waals surface area contributed by atoms with Crippen LogP contribution in [0.2, 0.25) is 0 Å². The number of carbonyl (C=O) groups is 2. The molecule has 2 heterocycles. The number of anilines is 4. The van der Waals surface area contributed by atoms with E-state index in [2.05, 4.69) is 15.2 Å². The molecule has 8 heteroatoms. The maximum Gasteiger partial charge on any atom is 0.248 e. The lowest BCUT2D eigenvalue weighted by Crippen LogP contribution is -2.46. The van der Waals surface area contributed by atoms with Gasteiger partial charge in [0.25, 0.3) is 0 Å². The Morgan fingerprint density at radius 2 is 1.84 bits per heavy atom. The lowest BCUT2D eigenvalue weighted by atomic mass is 9.99. The normalized spacial score (nSPS) is 23.5. The summed E-state index contributed by atoms with van der Waals surface area (Å²) in [5.41, 5.74) is 7.33. The van der Waals surface area contributed by atoms with E-state index < -0.39 is 5.91 Å². The molecule has 0 spiro atoms. The van der Waals surface area contributed by atoms with Crippen LogP contribution in [-0.2, 0) is 4.79 Å². The van der Waals surface area contributed by atoms with Crippen LogP contribution in [-0.4, -0.2) is 40.9 Å². The molecular weight excluding hydrogens is 392 g/mol. The summed E-state index contributed by atoms with van der Waals surface area (Å²) in [7, 11) is 1.84. The van der Waals surface area contributed by atoms with Gasteiger partial charge in [-0.3, -0.25) is 9.59 Å². The third kappa shape index (κ3) is 3.49. The van der Waals surface area contributed by atoms with Crippen molar-refractivity contribution in [2.24, 2.45) is 11.7 Å². The number of benzene rings is 1. The van der Waals surface area contributed by atoms with E-state index in [1.165, 1.54) is 12.8 Å².